The second-order valence-electron chi connectivity index (χ2n) is 6.06. The minimum Gasteiger partial charge on any atom is -0.339 e. The first kappa shape index (κ1) is 16.8. The molecule has 4 rings (SSSR count). The van der Waals surface area contributed by atoms with E-state index in [1.54, 1.807) is 18.3 Å². The average Bonchev–Trinajstić information content (AvgIpc) is 3.03. The van der Waals surface area contributed by atoms with Crippen molar-refractivity contribution in [1.29, 1.82) is 0 Å². The van der Waals surface area contributed by atoms with Gasteiger partial charge in [-0.05, 0) is 43.7 Å². The van der Waals surface area contributed by atoms with Crippen molar-refractivity contribution in [3.8, 4) is 5.69 Å². The first-order chi connectivity index (χ1) is 12.5. The normalized spacial score (nSPS) is 11.1. The van der Waals surface area contributed by atoms with Crippen molar-refractivity contribution < 1.29 is 0 Å². The van der Waals surface area contributed by atoms with Crippen LogP contribution in [0, 0.1) is 13.8 Å². The molecule has 0 atom stereocenters. The maximum atomic E-state index is 6.09. The molecule has 0 aliphatic rings. The van der Waals surface area contributed by atoms with Crippen molar-refractivity contribution in [3.63, 3.8) is 0 Å². The van der Waals surface area contributed by atoms with Gasteiger partial charge in [0.15, 0.2) is 5.65 Å². The first-order valence-corrected chi connectivity index (χ1v) is 8.77. The summed E-state index contributed by atoms with van der Waals surface area (Å²) in [6.45, 7) is 4.13. The van der Waals surface area contributed by atoms with Gasteiger partial charge in [0.05, 0.1) is 27.3 Å². The fourth-order valence-electron chi connectivity index (χ4n) is 2.87. The third-order valence-corrected chi connectivity index (χ3v) is 4.87. The van der Waals surface area contributed by atoms with Gasteiger partial charge in [0.2, 0.25) is 0 Å². The van der Waals surface area contributed by atoms with Crippen molar-refractivity contribution in [2.75, 3.05) is 5.32 Å². The molecule has 2 aromatic carbocycles. The molecule has 0 aliphatic carbocycles. The van der Waals surface area contributed by atoms with Crippen LogP contribution in [0.5, 0.6) is 0 Å². The van der Waals surface area contributed by atoms with Crippen LogP contribution >= 0.6 is 23.2 Å². The van der Waals surface area contributed by atoms with Crippen LogP contribution in [0.3, 0.4) is 0 Å². The molecule has 0 saturated carbocycles. The molecule has 7 heteroatoms. The minimum atomic E-state index is 0.480. The Bertz CT molecular complexity index is 1120. The number of hydrogen-bond acceptors (Lipinski definition) is 4. The zero-order valence-corrected chi connectivity index (χ0v) is 15.7. The largest absolute Gasteiger partial charge is 0.339 e. The molecule has 1 N–H and O–H groups in total. The van der Waals surface area contributed by atoms with Gasteiger partial charge in [0.1, 0.15) is 12.1 Å². The molecule has 0 aliphatic heterocycles. The summed E-state index contributed by atoms with van der Waals surface area (Å²) in [6.07, 6.45) is 3.28. The van der Waals surface area contributed by atoms with Gasteiger partial charge >= 0.3 is 0 Å². The lowest BCUT2D eigenvalue weighted by Crippen LogP contribution is -2.01. The number of halogens is 2. The molecule has 0 fully saturated rings. The molecule has 0 unspecified atom stereocenters. The van der Waals surface area contributed by atoms with Gasteiger partial charge in [-0.1, -0.05) is 40.9 Å². The molecular formula is C19H15Cl2N5. The van der Waals surface area contributed by atoms with Crippen LogP contribution in [-0.4, -0.2) is 19.7 Å². The quantitative estimate of drug-likeness (QED) is 0.508. The van der Waals surface area contributed by atoms with E-state index in [2.05, 4.69) is 46.4 Å². The fraction of sp³-hybridized carbons (Fsp3) is 0.105. The smallest absolute Gasteiger partial charge is 0.168 e. The van der Waals surface area contributed by atoms with Crippen LogP contribution in [0.25, 0.3) is 16.7 Å². The fourth-order valence-corrected chi connectivity index (χ4v) is 3.17. The van der Waals surface area contributed by atoms with Gasteiger partial charge in [0.25, 0.3) is 0 Å². The van der Waals surface area contributed by atoms with Crippen LogP contribution in [0.1, 0.15) is 11.1 Å². The molecule has 26 heavy (non-hydrogen) atoms. The van der Waals surface area contributed by atoms with Crippen LogP contribution in [0.4, 0.5) is 11.5 Å². The number of hydrogen-bond donors (Lipinski definition) is 1. The number of nitrogens with zero attached hydrogens (tertiary/aromatic N) is 4. The number of rotatable bonds is 3. The van der Waals surface area contributed by atoms with Crippen LogP contribution in [0.2, 0.25) is 10.0 Å². The number of aromatic nitrogens is 4. The second kappa shape index (κ2) is 6.59. The van der Waals surface area contributed by atoms with E-state index in [4.69, 9.17) is 23.2 Å². The topological polar surface area (TPSA) is 55.6 Å². The maximum absolute atomic E-state index is 6.09. The second-order valence-corrected chi connectivity index (χ2v) is 6.87. The van der Waals surface area contributed by atoms with Gasteiger partial charge < -0.3 is 5.32 Å². The third kappa shape index (κ3) is 3.00. The Morgan fingerprint density at radius 3 is 2.58 bits per heavy atom. The molecule has 0 amide bonds. The predicted molar refractivity (Wildman–Crippen MR) is 106 cm³/mol. The Balaban J connectivity index is 1.78. The Labute approximate surface area is 160 Å². The first-order valence-electron chi connectivity index (χ1n) is 8.01. The van der Waals surface area contributed by atoms with E-state index in [9.17, 15) is 0 Å². The third-order valence-electron chi connectivity index (χ3n) is 4.13. The van der Waals surface area contributed by atoms with E-state index < -0.39 is 0 Å². The Kier molecular flexibility index (Phi) is 4.26. The lowest BCUT2D eigenvalue weighted by atomic mass is 10.1. The predicted octanol–water partition coefficient (Wildman–Crippen LogP) is 5.48. The summed E-state index contributed by atoms with van der Waals surface area (Å²) in [5, 5.41) is 9.58. The number of fused-ring (bicyclic) bond motifs is 1. The summed E-state index contributed by atoms with van der Waals surface area (Å²) < 4.78 is 1.83. The molecule has 2 heterocycles. The van der Waals surface area contributed by atoms with Gasteiger partial charge in [0, 0.05) is 5.69 Å². The molecule has 0 saturated heterocycles. The van der Waals surface area contributed by atoms with Crippen molar-refractivity contribution in [2.24, 2.45) is 0 Å². The van der Waals surface area contributed by atoms with E-state index in [-0.39, 0.29) is 0 Å². The Morgan fingerprint density at radius 1 is 0.962 bits per heavy atom. The zero-order valence-electron chi connectivity index (χ0n) is 14.2. The van der Waals surface area contributed by atoms with Crippen molar-refractivity contribution in [1.82, 2.24) is 19.7 Å². The van der Waals surface area contributed by atoms with Crippen LogP contribution < -0.4 is 5.32 Å². The molecular weight excluding hydrogens is 369 g/mol. The summed E-state index contributed by atoms with van der Waals surface area (Å²) >= 11 is 12.1. The summed E-state index contributed by atoms with van der Waals surface area (Å²) in [7, 11) is 0. The standard InChI is InChI=1S/C19H15Cl2N5/c1-11-3-6-17(12(2)7-11)26-19-14(9-24-26)18(22-10-23-19)25-13-4-5-15(20)16(21)8-13/h3-10H,1-2H3,(H,22,23,25). The van der Waals surface area contributed by atoms with Gasteiger partial charge in [-0.2, -0.15) is 5.10 Å². The van der Waals surface area contributed by atoms with Gasteiger partial charge in [-0.3, -0.25) is 0 Å². The molecule has 130 valence electrons. The summed E-state index contributed by atoms with van der Waals surface area (Å²) in [5.41, 5.74) is 4.85. The highest BCUT2D eigenvalue weighted by Crippen LogP contribution is 2.29. The molecule has 0 radical (unpaired) electrons. The SMILES string of the molecule is Cc1ccc(-n2ncc3c(Nc4ccc(Cl)c(Cl)c4)ncnc32)c(C)c1. The van der Waals surface area contributed by atoms with Crippen LogP contribution in [0.15, 0.2) is 48.9 Å². The van der Waals surface area contributed by atoms with Crippen molar-refractivity contribution in [3.05, 3.63) is 70.1 Å². The lowest BCUT2D eigenvalue weighted by molar-refractivity contribution is 0.886. The monoisotopic (exact) mass is 383 g/mol. The van der Waals surface area contributed by atoms with E-state index in [1.165, 1.54) is 11.9 Å². The van der Waals surface area contributed by atoms with E-state index in [0.29, 0.717) is 15.9 Å². The minimum absolute atomic E-state index is 0.480. The van der Waals surface area contributed by atoms with Gasteiger partial charge in [-0.25, -0.2) is 14.6 Å². The lowest BCUT2D eigenvalue weighted by Gasteiger charge is -2.09. The number of benzene rings is 2. The Morgan fingerprint density at radius 2 is 1.81 bits per heavy atom. The zero-order chi connectivity index (χ0) is 18.3. The highest BCUT2D eigenvalue weighted by atomic mass is 35.5. The summed E-state index contributed by atoms with van der Waals surface area (Å²) in [5.74, 6) is 0.657. The maximum Gasteiger partial charge on any atom is 0.168 e. The molecule has 0 bridgehead atoms. The number of anilines is 2. The molecule has 4 aromatic rings. The van der Waals surface area contributed by atoms with Crippen LogP contribution in [-0.2, 0) is 0 Å². The van der Waals surface area contributed by atoms with E-state index >= 15 is 0 Å². The molecule has 5 nitrogen and oxygen atoms in total. The Hall–Kier alpha value is -2.63. The van der Waals surface area contributed by atoms with Crippen molar-refractivity contribution in [2.45, 2.75) is 13.8 Å². The number of aryl methyl sites for hydroxylation is 2. The highest BCUT2D eigenvalue weighted by molar-refractivity contribution is 6.42. The molecule has 0 spiro atoms. The van der Waals surface area contributed by atoms with E-state index in [1.807, 2.05) is 16.8 Å². The summed E-state index contributed by atoms with van der Waals surface area (Å²) in [4.78, 5) is 8.76. The number of nitrogens with one attached hydrogen (secondary N) is 1. The van der Waals surface area contributed by atoms with Crippen molar-refractivity contribution >= 4 is 45.7 Å². The average molecular weight is 384 g/mol. The molecule has 2 aromatic heterocycles. The van der Waals surface area contributed by atoms with Gasteiger partial charge in [-0.15, -0.1) is 0 Å². The highest BCUT2D eigenvalue weighted by Gasteiger charge is 2.13. The van der Waals surface area contributed by atoms with E-state index in [0.717, 1.165) is 28.0 Å². The summed E-state index contributed by atoms with van der Waals surface area (Å²) in [6, 6.07) is 11.6.